The minimum atomic E-state index is 0.126. The Bertz CT molecular complexity index is 889. The van der Waals surface area contributed by atoms with Crippen LogP contribution >= 0.6 is 0 Å². The molecule has 0 bridgehead atoms. The standard InChI is InChI=1S/C21H14O/c22-21-19-9-5-4-8-17(19)18-13-12-16(14-20(18)21)11-10-15-6-2-1-3-7-15/h1-14H. The average Bonchev–Trinajstić information content (AvgIpc) is 2.87. The third kappa shape index (κ3) is 2.08. The van der Waals surface area contributed by atoms with Crippen LogP contribution in [-0.2, 0) is 0 Å². The van der Waals surface area contributed by atoms with Crippen molar-refractivity contribution in [3.63, 3.8) is 0 Å². The highest BCUT2D eigenvalue weighted by Gasteiger charge is 2.25. The maximum Gasteiger partial charge on any atom is 0.194 e. The van der Waals surface area contributed by atoms with Crippen LogP contribution in [-0.4, -0.2) is 5.78 Å². The van der Waals surface area contributed by atoms with Crippen LogP contribution < -0.4 is 0 Å². The van der Waals surface area contributed by atoms with Crippen molar-refractivity contribution in [3.05, 3.63) is 95.1 Å². The van der Waals surface area contributed by atoms with Gasteiger partial charge >= 0.3 is 0 Å². The van der Waals surface area contributed by atoms with Crippen molar-refractivity contribution < 1.29 is 4.79 Å². The highest BCUT2D eigenvalue weighted by molar-refractivity contribution is 6.21. The van der Waals surface area contributed by atoms with Gasteiger partial charge in [0, 0.05) is 11.1 Å². The summed E-state index contributed by atoms with van der Waals surface area (Å²) >= 11 is 0. The maximum atomic E-state index is 12.5. The number of benzene rings is 3. The summed E-state index contributed by atoms with van der Waals surface area (Å²) in [5.74, 6) is 0.126. The predicted molar refractivity (Wildman–Crippen MR) is 90.7 cm³/mol. The number of carbonyl (C=O) groups excluding carboxylic acids is 1. The van der Waals surface area contributed by atoms with E-state index in [0.29, 0.717) is 0 Å². The molecule has 0 saturated carbocycles. The minimum absolute atomic E-state index is 0.126. The van der Waals surface area contributed by atoms with Crippen LogP contribution in [0.4, 0.5) is 0 Å². The van der Waals surface area contributed by atoms with E-state index in [2.05, 4.69) is 24.3 Å². The average molecular weight is 282 g/mol. The molecule has 3 aromatic rings. The number of fused-ring (bicyclic) bond motifs is 3. The third-order valence-corrected chi connectivity index (χ3v) is 4.02. The molecule has 0 atom stereocenters. The molecule has 0 fully saturated rings. The van der Waals surface area contributed by atoms with E-state index >= 15 is 0 Å². The van der Waals surface area contributed by atoms with E-state index in [-0.39, 0.29) is 5.78 Å². The van der Waals surface area contributed by atoms with Crippen molar-refractivity contribution in [1.82, 2.24) is 0 Å². The van der Waals surface area contributed by atoms with Gasteiger partial charge in [0.25, 0.3) is 0 Å². The molecule has 0 N–H and O–H groups in total. The van der Waals surface area contributed by atoms with E-state index in [9.17, 15) is 4.79 Å². The minimum Gasteiger partial charge on any atom is -0.289 e. The molecule has 0 radical (unpaired) electrons. The number of carbonyl (C=O) groups is 1. The monoisotopic (exact) mass is 282 g/mol. The first-order chi connectivity index (χ1) is 10.8. The summed E-state index contributed by atoms with van der Waals surface area (Å²) in [4.78, 5) is 12.5. The van der Waals surface area contributed by atoms with Gasteiger partial charge in [0.2, 0.25) is 0 Å². The first-order valence-corrected chi connectivity index (χ1v) is 7.34. The molecule has 0 aromatic heterocycles. The van der Waals surface area contributed by atoms with Gasteiger partial charge in [-0.1, -0.05) is 78.9 Å². The predicted octanol–water partition coefficient (Wildman–Crippen LogP) is 5.07. The summed E-state index contributed by atoms with van der Waals surface area (Å²) in [7, 11) is 0. The zero-order valence-electron chi connectivity index (χ0n) is 12.0. The lowest BCUT2D eigenvalue weighted by Crippen LogP contribution is -1.94. The van der Waals surface area contributed by atoms with Gasteiger partial charge in [0.05, 0.1) is 0 Å². The summed E-state index contributed by atoms with van der Waals surface area (Å²) in [5, 5.41) is 0. The van der Waals surface area contributed by atoms with E-state index < -0.39 is 0 Å². The molecule has 0 spiro atoms. The highest BCUT2D eigenvalue weighted by atomic mass is 16.1. The molecule has 1 nitrogen and oxygen atoms in total. The zero-order chi connectivity index (χ0) is 14.9. The first kappa shape index (κ1) is 12.8. The Hall–Kier alpha value is -2.93. The number of ketones is 1. The van der Waals surface area contributed by atoms with Crippen LogP contribution in [0.15, 0.2) is 72.8 Å². The van der Waals surface area contributed by atoms with E-state index in [1.54, 1.807) is 0 Å². The fourth-order valence-electron chi connectivity index (χ4n) is 2.91. The molecule has 22 heavy (non-hydrogen) atoms. The van der Waals surface area contributed by atoms with E-state index in [4.69, 9.17) is 0 Å². The fourth-order valence-corrected chi connectivity index (χ4v) is 2.91. The largest absolute Gasteiger partial charge is 0.289 e. The van der Waals surface area contributed by atoms with Gasteiger partial charge in [-0.05, 0) is 28.3 Å². The van der Waals surface area contributed by atoms with Crippen LogP contribution in [0.1, 0.15) is 27.0 Å². The molecule has 0 saturated heterocycles. The third-order valence-electron chi connectivity index (χ3n) is 4.02. The van der Waals surface area contributed by atoms with Gasteiger partial charge < -0.3 is 0 Å². The molecule has 1 aliphatic carbocycles. The normalized spacial score (nSPS) is 12.5. The smallest absolute Gasteiger partial charge is 0.194 e. The molecule has 1 aliphatic rings. The maximum absolute atomic E-state index is 12.5. The lowest BCUT2D eigenvalue weighted by molar-refractivity contribution is 0.104. The second-order valence-electron chi connectivity index (χ2n) is 5.42. The summed E-state index contributed by atoms with van der Waals surface area (Å²) in [5.41, 5.74) is 5.89. The molecule has 1 heteroatoms. The van der Waals surface area contributed by atoms with Crippen LogP contribution in [0, 0.1) is 0 Å². The highest BCUT2D eigenvalue weighted by Crippen LogP contribution is 2.36. The molecule has 0 aliphatic heterocycles. The summed E-state index contributed by atoms with van der Waals surface area (Å²) in [6.45, 7) is 0. The Balaban J connectivity index is 1.72. The molecule has 3 aromatic carbocycles. The Kier molecular flexibility index (Phi) is 2.97. The van der Waals surface area contributed by atoms with Gasteiger partial charge in [0.1, 0.15) is 0 Å². The van der Waals surface area contributed by atoms with Crippen molar-refractivity contribution in [2.24, 2.45) is 0 Å². The summed E-state index contributed by atoms with van der Waals surface area (Å²) in [6, 6.07) is 24.1. The molecular formula is C21H14O. The second-order valence-corrected chi connectivity index (χ2v) is 5.42. The van der Waals surface area contributed by atoms with E-state index in [1.807, 2.05) is 60.7 Å². The Morgan fingerprint density at radius 2 is 1.18 bits per heavy atom. The zero-order valence-corrected chi connectivity index (χ0v) is 12.0. The Morgan fingerprint density at radius 1 is 0.545 bits per heavy atom. The van der Waals surface area contributed by atoms with Gasteiger partial charge in [-0.25, -0.2) is 0 Å². The second kappa shape index (κ2) is 5.12. The van der Waals surface area contributed by atoms with Crippen molar-refractivity contribution in [2.75, 3.05) is 0 Å². The lowest BCUT2D eigenvalue weighted by atomic mass is 10.0. The SMILES string of the molecule is O=C1c2ccccc2-c2ccc(C=Cc3ccccc3)cc21. The van der Waals surface area contributed by atoms with Crippen LogP contribution in [0.2, 0.25) is 0 Å². The topological polar surface area (TPSA) is 17.1 Å². The molecule has 0 unspecified atom stereocenters. The Morgan fingerprint density at radius 3 is 2.00 bits per heavy atom. The summed E-state index contributed by atoms with van der Waals surface area (Å²) in [6.07, 6.45) is 4.11. The number of rotatable bonds is 2. The number of hydrogen-bond donors (Lipinski definition) is 0. The summed E-state index contributed by atoms with van der Waals surface area (Å²) < 4.78 is 0. The number of hydrogen-bond acceptors (Lipinski definition) is 1. The van der Waals surface area contributed by atoms with Crippen molar-refractivity contribution in [3.8, 4) is 11.1 Å². The quantitative estimate of drug-likeness (QED) is 0.469. The van der Waals surface area contributed by atoms with E-state index in [0.717, 1.165) is 33.4 Å². The van der Waals surface area contributed by atoms with Crippen molar-refractivity contribution in [2.45, 2.75) is 0 Å². The first-order valence-electron chi connectivity index (χ1n) is 7.34. The van der Waals surface area contributed by atoms with Crippen LogP contribution in [0.25, 0.3) is 23.3 Å². The molecule has 0 heterocycles. The van der Waals surface area contributed by atoms with Gasteiger partial charge in [-0.15, -0.1) is 0 Å². The molecule has 0 amide bonds. The molecule has 104 valence electrons. The van der Waals surface area contributed by atoms with Gasteiger partial charge in [-0.3, -0.25) is 4.79 Å². The fraction of sp³-hybridized carbons (Fsp3) is 0. The van der Waals surface area contributed by atoms with Crippen molar-refractivity contribution in [1.29, 1.82) is 0 Å². The molecule has 4 rings (SSSR count). The van der Waals surface area contributed by atoms with Gasteiger partial charge in [0.15, 0.2) is 5.78 Å². The van der Waals surface area contributed by atoms with E-state index in [1.165, 1.54) is 0 Å². The van der Waals surface area contributed by atoms with Crippen LogP contribution in [0.5, 0.6) is 0 Å². The van der Waals surface area contributed by atoms with Crippen LogP contribution in [0.3, 0.4) is 0 Å². The lowest BCUT2D eigenvalue weighted by Gasteiger charge is -2.01. The molecular weight excluding hydrogens is 268 g/mol. The van der Waals surface area contributed by atoms with Crippen molar-refractivity contribution >= 4 is 17.9 Å². The van der Waals surface area contributed by atoms with Gasteiger partial charge in [-0.2, -0.15) is 0 Å². The Labute approximate surface area is 129 Å².